The maximum atomic E-state index is 12.6. The normalized spacial score (nSPS) is 38.2. The molecule has 4 unspecified atom stereocenters. The molecule has 0 heterocycles. The Balaban J connectivity index is 1.57. The number of sulfonamides is 1. The highest BCUT2D eigenvalue weighted by atomic mass is 32.2. The minimum Gasteiger partial charge on any atom is -0.390 e. The summed E-state index contributed by atoms with van der Waals surface area (Å²) in [5.41, 5.74) is 1.29. The smallest absolute Gasteiger partial charge is 0.276 e. The first-order valence-corrected chi connectivity index (χ1v) is 11.8. The van der Waals surface area contributed by atoms with Crippen LogP contribution in [0.4, 0.5) is 0 Å². The zero-order valence-corrected chi connectivity index (χ0v) is 18.1. The first-order chi connectivity index (χ1) is 13.0. The lowest BCUT2D eigenvalue weighted by Crippen LogP contribution is -2.57. The van der Waals surface area contributed by atoms with Crippen molar-refractivity contribution in [1.29, 1.82) is 0 Å². The Morgan fingerprint density at radius 3 is 2.43 bits per heavy atom. The van der Waals surface area contributed by atoms with E-state index in [2.05, 4.69) is 30.7 Å². The van der Waals surface area contributed by atoms with Gasteiger partial charge in [0.2, 0.25) is 0 Å². The molecule has 0 radical (unpaired) electrons. The van der Waals surface area contributed by atoms with Crippen LogP contribution in [0.3, 0.4) is 0 Å². The summed E-state index contributed by atoms with van der Waals surface area (Å²) in [6.45, 7) is 8.68. The molecule has 2 bridgehead atoms. The van der Waals surface area contributed by atoms with Gasteiger partial charge in [-0.25, -0.2) is 4.83 Å². The molecule has 28 heavy (non-hydrogen) atoms. The first kappa shape index (κ1) is 19.9. The molecule has 0 aromatic heterocycles. The van der Waals surface area contributed by atoms with E-state index in [-0.39, 0.29) is 10.3 Å². The van der Waals surface area contributed by atoms with Crippen LogP contribution in [0.1, 0.15) is 64.9 Å². The number of aliphatic hydroxyl groups is 1. The standard InChI is InChI=1S/C22H32N2O3S/c1-15-5-7-16(8-6-15)28(26,27)24-23-19-10-12-22(25)14-21(19,4)11-9-17-18(22)13-20(17,2)3/h5-8,17-18,24-25H,9-14H2,1-4H3/b23-19+. The summed E-state index contributed by atoms with van der Waals surface area (Å²) < 4.78 is 25.3. The molecule has 3 aliphatic carbocycles. The second-order valence-electron chi connectivity index (χ2n) is 10.3. The lowest BCUT2D eigenvalue weighted by molar-refractivity contribution is -0.152. The molecule has 3 aliphatic rings. The third kappa shape index (κ3) is 3.18. The number of hydrogen-bond acceptors (Lipinski definition) is 4. The number of fused-ring (bicyclic) bond motifs is 4. The predicted octanol–water partition coefficient (Wildman–Crippen LogP) is 4.01. The highest BCUT2D eigenvalue weighted by Crippen LogP contribution is 2.64. The van der Waals surface area contributed by atoms with Crippen LogP contribution >= 0.6 is 0 Å². The quantitative estimate of drug-likeness (QED) is 0.747. The Labute approximate surface area is 168 Å². The molecule has 0 amide bonds. The van der Waals surface area contributed by atoms with E-state index in [1.807, 2.05) is 6.92 Å². The average molecular weight is 405 g/mol. The minimum atomic E-state index is -3.68. The first-order valence-electron chi connectivity index (χ1n) is 10.3. The van der Waals surface area contributed by atoms with Crippen LogP contribution < -0.4 is 4.83 Å². The van der Waals surface area contributed by atoms with Crippen LogP contribution in [0, 0.1) is 29.6 Å². The maximum absolute atomic E-state index is 12.6. The molecule has 4 rings (SSSR count). The van der Waals surface area contributed by atoms with Crippen molar-refractivity contribution in [1.82, 2.24) is 4.83 Å². The lowest BCUT2D eigenvalue weighted by atomic mass is 9.49. The van der Waals surface area contributed by atoms with Crippen LogP contribution in [-0.4, -0.2) is 24.8 Å². The van der Waals surface area contributed by atoms with Gasteiger partial charge in [-0.05, 0) is 74.8 Å². The van der Waals surface area contributed by atoms with E-state index in [4.69, 9.17) is 0 Å². The van der Waals surface area contributed by atoms with E-state index in [1.54, 1.807) is 24.3 Å². The van der Waals surface area contributed by atoms with Gasteiger partial charge in [0, 0.05) is 11.1 Å². The SMILES string of the molecule is Cc1ccc(S(=O)(=O)N/N=C2\CCC3(O)CC2(C)CCC2C3CC2(C)C)cc1. The van der Waals surface area contributed by atoms with Crippen molar-refractivity contribution in [3.8, 4) is 0 Å². The number of benzene rings is 1. The van der Waals surface area contributed by atoms with Crippen LogP contribution in [0.2, 0.25) is 0 Å². The van der Waals surface area contributed by atoms with Gasteiger partial charge in [-0.15, -0.1) is 0 Å². The molecule has 1 aromatic carbocycles. The van der Waals surface area contributed by atoms with Gasteiger partial charge in [0.15, 0.2) is 0 Å². The summed E-state index contributed by atoms with van der Waals surface area (Å²) in [6, 6.07) is 6.77. The number of hydrogen-bond donors (Lipinski definition) is 2. The molecule has 0 spiro atoms. The largest absolute Gasteiger partial charge is 0.390 e. The number of rotatable bonds is 3. The molecule has 0 aliphatic heterocycles. The maximum Gasteiger partial charge on any atom is 0.276 e. The van der Waals surface area contributed by atoms with Crippen molar-refractivity contribution < 1.29 is 13.5 Å². The summed E-state index contributed by atoms with van der Waals surface area (Å²) in [5, 5.41) is 15.8. The lowest BCUT2D eigenvalue weighted by Gasteiger charge is -2.58. The highest BCUT2D eigenvalue weighted by Gasteiger charge is 2.61. The zero-order chi connectivity index (χ0) is 20.4. The molecule has 1 aromatic rings. The summed E-state index contributed by atoms with van der Waals surface area (Å²) in [7, 11) is -3.68. The van der Waals surface area contributed by atoms with Gasteiger partial charge in [-0.1, -0.05) is 38.5 Å². The fourth-order valence-electron chi connectivity index (χ4n) is 6.00. The molecule has 2 N–H and O–H groups in total. The monoisotopic (exact) mass is 404 g/mol. The van der Waals surface area contributed by atoms with Crippen molar-refractivity contribution in [3.05, 3.63) is 29.8 Å². The summed E-state index contributed by atoms with van der Waals surface area (Å²) in [6.07, 6.45) is 5.10. The van der Waals surface area contributed by atoms with Gasteiger partial charge < -0.3 is 5.11 Å². The second kappa shape index (κ2) is 6.30. The van der Waals surface area contributed by atoms with Gasteiger partial charge >= 0.3 is 0 Å². The molecular formula is C22H32N2O3S. The molecule has 0 saturated heterocycles. The van der Waals surface area contributed by atoms with Crippen LogP contribution in [0.25, 0.3) is 0 Å². The van der Waals surface area contributed by atoms with Gasteiger partial charge in [0.1, 0.15) is 0 Å². The summed E-state index contributed by atoms with van der Waals surface area (Å²) in [5.74, 6) is 0.915. The molecular weight excluding hydrogens is 372 g/mol. The van der Waals surface area contributed by atoms with Crippen LogP contribution in [0.5, 0.6) is 0 Å². The Bertz CT molecular complexity index is 906. The molecule has 6 heteroatoms. The molecule has 4 atom stereocenters. The average Bonchev–Trinajstić information content (AvgIpc) is 2.66. The van der Waals surface area contributed by atoms with Gasteiger partial charge in [0.25, 0.3) is 10.0 Å². The molecule has 154 valence electrons. The third-order valence-corrected chi connectivity index (χ3v) is 8.98. The van der Waals surface area contributed by atoms with E-state index in [0.29, 0.717) is 36.5 Å². The van der Waals surface area contributed by atoms with Crippen molar-refractivity contribution in [2.24, 2.45) is 27.8 Å². The minimum absolute atomic E-state index is 0.223. The van der Waals surface area contributed by atoms with E-state index >= 15 is 0 Å². The van der Waals surface area contributed by atoms with E-state index < -0.39 is 15.6 Å². The summed E-state index contributed by atoms with van der Waals surface area (Å²) in [4.78, 5) is 2.68. The molecule has 5 nitrogen and oxygen atoms in total. The molecule has 3 fully saturated rings. The van der Waals surface area contributed by atoms with Crippen LogP contribution in [-0.2, 0) is 10.0 Å². The predicted molar refractivity (Wildman–Crippen MR) is 110 cm³/mol. The highest BCUT2D eigenvalue weighted by molar-refractivity contribution is 7.89. The topological polar surface area (TPSA) is 78.8 Å². The van der Waals surface area contributed by atoms with E-state index in [0.717, 1.165) is 30.5 Å². The third-order valence-electron chi connectivity index (χ3n) is 7.75. The summed E-state index contributed by atoms with van der Waals surface area (Å²) >= 11 is 0. The van der Waals surface area contributed by atoms with Gasteiger partial charge in [-0.3, -0.25) is 0 Å². The van der Waals surface area contributed by atoms with Crippen molar-refractivity contribution >= 4 is 15.7 Å². The Hall–Kier alpha value is -1.40. The Morgan fingerprint density at radius 2 is 1.79 bits per heavy atom. The fraction of sp³-hybridized carbons (Fsp3) is 0.682. The number of nitrogens with one attached hydrogen (secondary N) is 1. The number of nitrogens with zero attached hydrogens (tertiary/aromatic N) is 1. The Kier molecular flexibility index (Phi) is 4.47. The number of aryl methyl sites for hydroxylation is 1. The van der Waals surface area contributed by atoms with E-state index in [9.17, 15) is 13.5 Å². The van der Waals surface area contributed by atoms with Crippen molar-refractivity contribution in [3.63, 3.8) is 0 Å². The zero-order valence-electron chi connectivity index (χ0n) is 17.3. The fourth-order valence-corrected chi connectivity index (χ4v) is 6.83. The van der Waals surface area contributed by atoms with Crippen molar-refractivity contribution in [2.45, 2.75) is 76.7 Å². The molecule has 3 saturated carbocycles. The Morgan fingerprint density at radius 1 is 1.11 bits per heavy atom. The van der Waals surface area contributed by atoms with Gasteiger partial charge in [-0.2, -0.15) is 13.5 Å². The second-order valence-corrected chi connectivity index (χ2v) is 11.9. The van der Waals surface area contributed by atoms with Crippen molar-refractivity contribution in [2.75, 3.05) is 0 Å². The van der Waals surface area contributed by atoms with Gasteiger partial charge in [0.05, 0.1) is 10.5 Å². The van der Waals surface area contributed by atoms with E-state index in [1.165, 1.54) is 0 Å². The van der Waals surface area contributed by atoms with Crippen LogP contribution in [0.15, 0.2) is 34.3 Å². The number of hydrazone groups is 1.